The minimum atomic E-state index is 0.0540. The van der Waals surface area contributed by atoms with E-state index in [4.69, 9.17) is 0 Å². The number of thiol groups is 1. The summed E-state index contributed by atoms with van der Waals surface area (Å²) in [5.74, 6) is 0.716. The zero-order valence-corrected chi connectivity index (χ0v) is 13.6. The fraction of sp³-hybridized carbons (Fsp3) is 0.571. The molecular weight excluding hydrogens is 290 g/mol. The van der Waals surface area contributed by atoms with Crippen LogP contribution in [0.4, 0.5) is 0 Å². The van der Waals surface area contributed by atoms with Crippen LogP contribution in [0.15, 0.2) is 24.4 Å². The first-order valence-electron chi connectivity index (χ1n) is 6.72. The number of hydrogen-bond acceptors (Lipinski definition) is 5. The molecule has 1 N–H and O–H groups in total. The van der Waals surface area contributed by atoms with Crippen LogP contribution in [-0.2, 0) is 4.79 Å². The lowest BCUT2D eigenvalue weighted by molar-refractivity contribution is -0.122. The van der Waals surface area contributed by atoms with E-state index in [9.17, 15) is 4.79 Å². The molecule has 4 nitrogen and oxygen atoms in total. The molecule has 0 radical (unpaired) electrons. The zero-order chi connectivity index (χ0) is 14.6. The molecule has 1 saturated heterocycles. The number of amides is 1. The Morgan fingerprint density at radius 3 is 3.05 bits per heavy atom. The van der Waals surface area contributed by atoms with E-state index in [1.165, 1.54) is 0 Å². The predicted molar refractivity (Wildman–Crippen MR) is 87.1 cm³/mol. The van der Waals surface area contributed by atoms with Crippen molar-refractivity contribution in [2.75, 3.05) is 25.4 Å². The van der Waals surface area contributed by atoms with Crippen LogP contribution < -0.4 is 5.32 Å². The summed E-state index contributed by atoms with van der Waals surface area (Å²) >= 11 is 5.97. The smallest absolute Gasteiger partial charge is 0.234 e. The fourth-order valence-corrected chi connectivity index (χ4v) is 3.84. The van der Waals surface area contributed by atoms with Gasteiger partial charge in [0.2, 0.25) is 5.91 Å². The lowest BCUT2D eigenvalue weighted by Crippen LogP contribution is -2.39. The molecule has 2 heterocycles. The van der Waals surface area contributed by atoms with Crippen LogP contribution >= 0.6 is 24.4 Å². The second-order valence-electron chi connectivity index (χ2n) is 5.46. The van der Waals surface area contributed by atoms with E-state index >= 15 is 0 Å². The summed E-state index contributed by atoms with van der Waals surface area (Å²) in [6, 6.07) is 5.93. The van der Waals surface area contributed by atoms with Gasteiger partial charge in [0, 0.05) is 29.8 Å². The van der Waals surface area contributed by atoms with Crippen molar-refractivity contribution in [1.29, 1.82) is 0 Å². The summed E-state index contributed by atoms with van der Waals surface area (Å²) in [5.41, 5.74) is 1.02. The molecule has 20 heavy (non-hydrogen) atoms. The molecule has 1 aliphatic heterocycles. The molecule has 1 aliphatic rings. The number of rotatable bonds is 5. The molecule has 0 aromatic carbocycles. The Morgan fingerprint density at radius 1 is 1.60 bits per heavy atom. The van der Waals surface area contributed by atoms with Crippen LogP contribution in [0.3, 0.4) is 0 Å². The first kappa shape index (κ1) is 15.7. The Kier molecular flexibility index (Phi) is 5.35. The highest BCUT2D eigenvalue weighted by molar-refractivity contribution is 8.01. The van der Waals surface area contributed by atoms with Crippen molar-refractivity contribution in [2.45, 2.75) is 24.0 Å². The lowest BCUT2D eigenvalue weighted by atomic mass is 10.2. The number of nitrogens with one attached hydrogen (secondary N) is 1. The second kappa shape index (κ2) is 6.83. The molecule has 2 rings (SSSR count). The van der Waals surface area contributed by atoms with Crippen molar-refractivity contribution in [3.63, 3.8) is 0 Å². The normalized spacial score (nSPS) is 21.9. The van der Waals surface area contributed by atoms with E-state index in [2.05, 4.69) is 41.7 Å². The van der Waals surface area contributed by atoms with Gasteiger partial charge in [0.25, 0.3) is 0 Å². The van der Waals surface area contributed by atoms with Gasteiger partial charge in [-0.25, -0.2) is 0 Å². The highest BCUT2D eigenvalue weighted by Crippen LogP contribution is 2.47. The number of nitrogens with zero attached hydrogens (tertiary/aromatic N) is 2. The molecule has 0 aliphatic carbocycles. The van der Waals surface area contributed by atoms with Crippen molar-refractivity contribution in [1.82, 2.24) is 15.2 Å². The largest absolute Gasteiger partial charge is 0.354 e. The Balaban J connectivity index is 2.07. The molecule has 1 fully saturated rings. The average molecular weight is 311 g/mol. The Morgan fingerprint density at radius 2 is 2.40 bits per heavy atom. The van der Waals surface area contributed by atoms with Crippen LogP contribution in [-0.4, -0.2) is 45.9 Å². The zero-order valence-electron chi connectivity index (χ0n) is 11.9. The van der Waals surface area contributed by atoms with Gasteiger partial charge in [-0.15, -0.1) is 11.8 Å². The molecule has 1 aromatic heterocycles. The molecule has 1 aromatic rings. The van der Waals surface area contributed by atoms with E-state index < -0.39 is 0 Å². The first-order valence-corrected chi connectivity index (χ1v) is 8.23. The van der Waals surface area contributed by atoms with Crippen LogP contribution in [0.1, 0.15) is 24.9 Å². The van der Waals surface area contributed by atoms with Crippen molar-refractivity contribution < 1.29 is 4.79 Å². The van der Waals surface area contributed by atoms with Gasteiger partial charge in [-0.2, -0.15) is 12.6 Å². The Bertz CT molecular complexity index is 453. The van der Waals surface area contributed by atoms with Gasteiger partial charge < -0.3 is 5.32 Å². The van der Waals surface area contributed by atoms with Gasteiger partial charge >= 0.3 is 0 Å². The predicted octanol–water partition coefficient (Wildman–Crippen LogP) is 1.95. The average Bonchev–Trinajstić information content (AvgIpc) is 2.72. The SMILES string of the molecule is CC1(C)CN(CC(=O)NCCS)C(c2ccccn2)S1. The van der Waals surface area contributed by atoms with Crippen LogP contribution in [0.25, 0.3) is 0 Å². The van der Waals surface area contributed by atoms with Crippen molar-refractivity contribution in [3.8, 4) is 0 Å². The van der Waals surface area contributed by atoms with Crippen LogP contribution in [0.2, 0.25) is 0 Å². The number of hydrogen-bond donors (Lipinski definition) is 2. The minimum absolute atomic E-state index is 0.0540. The quantitative estimate of drug-likeness (QED) is 0.816. The summed E-state index contributed by atoms with van der Waals surface area (Å²) < 4.78 is 0.131. The van der Waals surface area contributed by atoms with Gasteiger partial charge in [-0.3, -0.25) is 14.7 Å². The van der Waals surface area contributed by atoms with Gasteiger partial charge in [-0.1, -0.05) is 6.07 Å². The third-order valence-electron chi connectivity index (χ3n) is 3.07. The van der Waals surface area contributed by atoms with Gasteiger partial charge in [0.05, 0.1) is 17.6 Å². The molecule has 1 unspecified atom stereocenters. The number of thioether (sulfide) groups is 1. The third kappa shape index (κ3) is 4.14. The first-order chi connectivity index (χ1) is 9.52. The maximum Gasteiger partial charge on any atom is 0.234 e. The van der Waals surface area contributed by atoms with Gasteiger partial charge in [0.1, 0.15) is 0 Å². The van der Waals surface area contributed by atoms with Crippen molar-refractivity contribution in [3.05, 3.63) is 30.1 Å². The molecule has 0 bridgehead atoms. The third-order valence-corrected chi connectivity index (χ3v) is 4.82. The summed E-state index contributed by atoms with van der Waals surface area (Å²) in [6.07, 6.45) is 1.81. The molecule has 1 amide bonds. The van der Waals surface area contributed by atoms with E-state index in [1.807, 2.05) is 30.0 Å². The summed E-state index contributed by atoms with van der Waals surface area (Å²) in [6.45, 7) is 6.32. The molecule has 1 atom stereocenters. The molecule has 0 saturated carbocycles. The second-order valence-corrected chi connectivity index (χ2v) is 7.70. The van der Waals surface area contributed by atoms with Crippen molar-refractivity contribution >= 4 is 30.3 Å². The maximum atomic E-state index is 11.9. The highest BCUT2D eigenvalue weighted by Gasteiger charge is 2.40. The summed E-state index contributed by atoms with van der Waals surface area (Å²) in [7, 11) is 0. The molecule has 0 spiro atoms. The number of pyridine rings is 1. The maximum absolute atomic E-state index is 11.9. The number of aromatic nitrogens is 1. The van der Waals surface area contributed by atoms with Gasteiger partial charge in [0.15, 0.2) is 0 Å². The topological polar surface area (TPSA) is 45.2 Å². The van der Waals surface area contributed by atoms with Gasteiger partial charge in [-0.05, 0) is 26.0 Å². The minimum Gasteiger partial charge on any atom is -0.354 e. The molecule has 6 heteroatoms. The van der Waals surface area contributed by atoms with E-state index in [0.717, 1.165) is 12.2 Å². The van der Waals surface area contributed by atoms with Crippen molar-refractivity contribution in [2.24, 2.45) is 0 Å². The Hall–Kier alpha value is -0.720. The number of carbonyl (C=O) groups excluding carboxylic acids is 1. The molecular formula is C14H21N3OS2. The monoisotopic (exact) mass is 311 g/mol. The van der Waals surface area contributed by atoms with E-state index in [1.54, 1.807) is 6.20 Å². The lowest BCUT2D eigenvalue weighted by Gasteiger charge is -2.22. The fourth-order valence-electron chi connectivity index (χ4n) is 2.33. The number of carbonyl (C=O) groups is 1. The Labute approximate surface area is 130 Å². The van der Waals surface area contributed by atoms with Crippen LogP contribution in [0.5, 0.6) is 0 Å². The van der Waals surface area contributed by atoms with E-state index in [0.29, 0.717) is 18.8 Å². The van der Waals surface area contributed by atoms with E-state index in [-0.39, 0.29) is 16.0 Å². The standard InChI is InChI=1S/C14H21N3OS2/c1-14(2)10-17(9-12(18)16-7-8-19)13(20-14)11-5-3-4-6-15-11/h3-6,13,19H,7-10H2,1-2H3,(H,16,18). The highest BCUT2D eigenvalue weighted by atomic mass is 32.2. The summed E-state index contributed by atoms with van der Waals surface area (Å²) in [5, 5.41) is 3.02. The summed E-state index contributed by atoms with van der Waals surface area (Å²) in [4.78, 5) is 18.6. The molecule has 110 valence electrons. The van der Waals surface area contributed by atoms with Crippen LogP contribution in [0, 0.1) is 0 Å².